The Balaban J connectivity index is 1.81. The van der Waals surface area contributed by atoms with E-state index < -0.39 is 12.0 Å². The third kappa shape index (κ3) is 4.26. The molecule has 3 aromatic rings. The Morgan fingerprint density at radius 2 is 1.97 bits per heavy atom. The predicted octanol–water partition coefficient (Wildman–Crippen LogP) is 4.63. The highest BCUT2D eigenvalue weighted by molar-refractivity contribution is 7.10. The lowest BCUT2D eigenvalue weighted by atomic mass is 9.80. The topological polar surface area (TPSA) is 67.9 Å². The zero-order chi connectivity index (χ0) is 22.7. The first-order chi connectivity index (χ1) is 15.5. The average molecular weight is 451 g/mol. The van der Waals surface area contributed by atoms with Crippen LogP contribution in [0.5, 0.6) is 5.75 Å². The van der Waals surface area contributed by atoms with Crippen LogP contribution in [0.4, 0.5) is 5.69 Å². The fourth-order valence-electron chi connectivity index (χ4n) is 4.18. The molecule has 1 aromatic heterocycles. The maximum atomic E-state index is 13.8. The molecule has 1 N–H and O–H groups in total. The summed E-state index contributed by atoms with van der Waals surface area (Å²) in [6, 6.07) is 16.5. The van der Waals surface area contributed by atoms with Gasteiger partial charge in [0, 0.05) is 35.8 Å². The van der Waals surface area contributed by atoms with Crippen LogP contribution in [0.15, 0.2) is 60.0 Å². The lowest BCUT2D eigenvalue weighted by molar-refractivity contribution is -0.119. The summed E-state index contributed by atoms with van der Waals surface area (Å²) in [5.41, 5.74) is 2.97. The number of fused-ring (bicyclic) bond motifs is 1. The van der Waals surface area contributed by atoms with Crippen LogP contribution in [-0.4, -0.2) is 44.1 Å². The van der Waals surface area contributed by atoms with Gasteiger partial charge in [0.2, 0.25) is 5.91 Å². The SMILES string of the molecule is COCCN1C(=O)c2ccc(C)cc2C(C(=O)Nc2cccc(OC)c2)C1c1cccs1. The van der Waals surface area contributed by atoms with Gasteiger partial charge < -0.3 is 19.7 Å². The number of rotatable bonds is 7. The molecular formula is C25H26N2O4S. The highest BCUT2D eigenvalue weighted by atomic mass is 32.1. The van der Waals surface area contributed by atoms with E-state index in [1.807, 2.05) is 60.8 Å². The normalized spacial score (nSPS) is 17.7. The molecule has 2 atom stereocenters. The summed E-state index contributed by atoms with van der Waals surface area (Å²) < 4.78 is 10.6. The van der Waals surface area contributed by atoms with E-state index in [2.05, 4.69) is 5.32 Å². The van der Waals surface area contributed by atoms with Crippen molar-refractivity contribution in [2.45, 2.75) is 18.9 Å². The lowest BCUT2D eigenvalue weighted by Crippen LogP contribution is -2.47. The summed E-state index contributed by atoms with van der Waals surface area (Å²) in [4.78, 5) is 30.0. The fourth-order valence-corrected chi connectivity index (χ4v) is 5.05. The van der Waals surface area contributed by atoms with Gasteiger partial charge in [-0.2, -0.15) is 0 Å². The van der Waals surface area contributed by atoms with Crippen molar-refractivity contribution in [1.82, 2.24) is 4.90 Å². The van der Waals surface area contributed by atoms with Crippen molar-refractivity contribution in [2.75, 3.05) is 32.7 Å². The van der Waals surface area contributed by atoms with E-state index in [1.165, 1.54) is 0 Å². The molecule has 0 fully saturated rings. The maximum Gasteiger partial charge on any atom is 0.254 e. The molecule has 0 radical (unpaired) electrons. The Morgan fingerprint density at radius 3 is 2.69 bits per heavy atom. The second-order valence-electron chi connectivity index (χ2n) is 7.74. The third-order valence-corrected chi connectivity index (χ3v) is 6.62. The minimum atomic E-state index is -0.565. The zero-order valence-corrected chi connectivity index (χ0v) is 19.1. The molecule has 0 saturated carbocycles. The highest BCUT2D eigenvalue weighted by Gasteiger charge is 2.44. The van der Waals surface area contributed by atoms with Crippen molar-refractivity contribution in [3.8, 4) is 5.75 Å². The summed E-state index contributed by atoms with van der Waals surface area (Å²) in [6.45, 7) is 2.76. The van der Waals surface area contributed by atoms with Crippen LogP contribution in [0, 0.1) is 6.92 Å². The summed E-state index contributed by atoms with van der Waals surface area (Å²) in [7, 11) is 3.20. The molecule has 0 spiro atoms. The molecular weight excluding hydrogens is 424 g/mol. The number of hydrogen-bond acceptors (Lipinski definition) is 5. The van der Waals surface area contributed by atoms with Gasteiger partial charge in [-0.1, -0.05) is 29.8 Å². The minimum absolute atomic E-state index is 0.0825. The zero-order valence-electron chi connectivity index (χ0n) is 18.3. The number of benzene rings is 2. The van der Waals surface area contributed by atoms with Gasteiger partial charge in [0.05, 0.1) is 25.7 Å². The van der Waals surface area contributed by atoms with Crippen molar-refractivity contribution in [3.05, 3.63) is 81.5 Å². The first-order valence-corrected chi connectivity index (χ1v) is 11.3. The van der Waals surface area contributed by atoms with Crippen LogP contribution in [0.2, 0.25) is 0 Å². The molecule has 1 aliphatic heterocycles. The van der Waals surface area contributed by atoms with Crippen molar-refractivity contribution in [3.63, 3.8) is 0 Å². The molecule has 4 rings (SSSR count). The van der Waals surface area contributed by atoms with Gasteiger partial charge in [-0.25, -0.2) is 0 Å². The van der Waals surface area contributed by atoms with E-state index in [1.54, 1.807) is 36.5 Å². The standard InChI is InChI=1S/C25H26N2O4S/c1-16-9-10-19-20(14-16)22(24(28)26-17-6-4-7-18(15-17)31-3)23(21-8-5-13-32-21)27(25(19)29)11-12-30-2/h4-10,13-15,22-23H,11-12H2,1-3H3,(H,26,28). The maximum absolute atomic E-state index is 13.8. The van der Waals surface area contributed by atoms with Gasteiger partial charge in [-0.05, 0) is 42.1 Å². The number of ether oxygens (including phenoxy) is 2. The van der Waals surface area contributed by atoms with E-state index in [-0.39, 0.29) is 11.8 Å². The molecule has 0 saturated heterocycles. The Labute approximate surface area is 191 Å². The molecule has 32 heavy (non-hydrogen) atoms. The van der Waals surface area contributed by atoms with E-state index >= 15 is 0 Å². The predicted molar refractivity (Wildman–Crippen MR) is 126 cm³/mol. The molecule has 0 bridgehead atoms. The molecule has 2 amide bonds. The fraction of sp³-hybridized carbons (Fsp3) is 0.280. The number of carbonyl (C=O) groups excluding carboxylic acids is 2. The molecule has 2 aromatic carbocycles. The number of nitrogens with one attached hydrogen (secondary N) is 1. The van der Waals surface area contributed by atoms with E-state index in [0.29, 0.717) is 30.2 Å². The molecule has 0 aliphatic carbocycles. The van der Waals surface area contributed by atoms with Crippen LogP contribution >= 0.6 is 11.3 Å². The molecule has 6 nitrogen and oxygen atoms in total. The van der Waals surface area contributed by atoms with Gasteiger partial charge in [0.1, 0.15) is 5.75 Å². The van der Waals surface area contributed by atoms with Gasteiger partial charge >= 0.3 is 0 Å². The molecule has 2 unspecified atom stereocenters. The van der Waals surface area contributed by atoms with Gasteiger partial charge in [0.25, 0.3) is 5.91 Å². The summed E-state index contributed by atoms with van der Waals surface area (Å²) in [5.74, 6) is -0.155. The van der Waals surface area contributed by atoms with Crippen LogP contribution < -0.4 is 10.1 Å². The molecule has 166 valence electrons. The van der Waals surface area contributed by atoms with Crippen LogP contribution in [-0.2, 0) is 9.53 Å². The van der Waals surface area contributed by atoms with E-state index in [0.717, 1.165) is 16.0 Å². The van der Waals surface area contributed by atoms with Gasteiger partial charge in [-0.15, -0.1) is 11.3 Å². The summed E-state index contributed by atoms with van der Waals surface area (Å²) >= 11 is 1.55. The first kappa shape index (κ1) is 22.0. The largest absolute Gasteiger partial charge is 0.497 e. The smallest absolute Gasteiger partial charge is 0.254 e. The third-order valence-electron chi connectivity index (χ3n) is 5.68. The number of thiophene rings is 1. The van der Waals surface area contributed by atoms with Crippen molar-refractivity contribution in [1.29, 1.82) is 0 Å². The first-order valence-electron chi connectivity index (χ1n) is 10.4. The average Bonchev–Trinajstić information content (AvgIpc) is 3.32. The van der Waals surface area contributed by atoms with E-state index in [4.69, 9.17) is 9.47 Å². The Bertz CT molecular complexity index is 1110. The number of carbonyl (C=O) groups is 2. The van der Waals surface area contributed by atoms with Crippen molar-refractivity contribution >= 4 is 28.8 Å². The van der Waals surface area contributed by atoms with E-state index in [9.17, 15) is 9.59 Å². The highest BCUT2D eigenvalue weighted by Crippen LogP contribution is 2.45. The number of methoxy groups -OCH3 is 2. The van der Waals surface area contributed by atoms with Crippen molar-refractivity contribution < 1.29 is 19.1 Å². The summed E-state index contributed by atoms with van der Waals surface area (Å²) in [6.07, 6.45) is 0. The molecule has 2 heterocycles. The quantitative estimate of drug-likeness (QED) is 0.570. The number of hydrogen-bond donors (Lipinski definition) is 1. The van der Waals surface area contributed by atoms with Crippen LogP contribution in [0.25, 0.3) is 0 Å². The van der Waals surface area contributed by atoms with Crippen LogP contribution in [0.3, 0.4) is 0 Å². The molecule has 1 aliphatic rings. The Kier molecular flexibility index (Phi) is 6.58. The van der Waals surface area contributed by atoms with Crippen molar-refractivity contribution in [2.24, 2.45) is 0 Å². The number of amides is 2. The Hall–Kier alpha value is -3.16. The second-order valence-corrected chi connectivity index (χ2v) is 8.72. The summed E-state index contributed by atoms with van der Waals surface area (Å²) in [5, 5.41) is 5.02. The molecule has 7 heteroatoms. The monoisotopic (exact) mass is 450 g/mol. The van der Waals surface area contributed by atoms with Gasteiger partial charge in [0.15, 0.2) is 0 Å². The number of aryl methyl sites for hydroxylation is 1. The Morgan fingerprint density at radius 1 is 1.12 bits per heavy atom. The van der Waals surface area contributed by atoms with Crippen LogP contribution in [0.1, 0.15) is 38.3 Å². The van der Waals surface area contributed by atoms with Gasteiger partial charge in [-0.3, -0.25) is 9.59 Å². The number of nitrogens with zero attached hydrogens (tertiary/aromatic N) is 1. The number of anilines is 1. The minimum Gasteiger partial charge on any atom is -0.497 e. The second kappa shape index (κ2) is 9.54. The lowest BCUT2D eigenvalue weighted by Gasteiger charge is -2.41.